The van der Waals surface area contributed by atoms with Gasteiger partial charge in [-0.1, -0.05) is 17.7 Å². The second kappa shape index (κ2) is 3.83. The van der Waals surface area contributed by atoms with Crippen molar-refractivity contribution in [3.05, 3.63) is 33.7 Å². The van der Waals surface area contributed by atoms with Gasteiger partial charge in [0.05, 0.1) is 7.11 Å². The van der Waals surface area contributed by atoms with Crippen molar-refractivity contribution in [3.8, 4) is 0 Å². The third kappa shape index (κ3) is 1.73. The van der Waals surface area contributed by atoms with Gasteiger partial charge in [0.15, 0.2) is 0 Å². The van der Waals surface area contributed by atoms with E-state index in [2.05, 4.69) is 4.74 Å². The van der Waals surface area contributed by atoms with E-state index in [1.807, 2.05) is 25.1 Å². The molecule has 0 saturated heterocycles. The average Bonchev–Trinajstić information content (AvgIpc) is 2.67. The Morgan fingerprint density at radius 2 is 2.20 bits per heavy atom. The maximum Gasteiger partial charge on any atom is 0.348 e. The van der Waals surface area contributed by atoms with Gasteiger partial charge < -0.3 is 4.74 Å². The SMILES string of the molecule is COC(=O)c1cc2ccc(Cl)c(C)c2s1. The van der Waals surface area contributed by atoms with E-state index >= 15 is 0 Å². The second-order valence-electron chi connectivity index (χ2n) is 3.19. The van der Waals surface area contributed by atoms with Crippen LogP contribution in [0.5, 0.6) is 0 Å². The fourth-order valence-corrected chi connectivity index (χ4v) is 2.71. The Balaban J connectivity index is 2.66. The molecule has 78 valence electrons. The zero-order valence-corrected chi connectivity index (χ0v) is 9.91. The fourth-order valence-electron chi connectivity index (χ4n) is 1.42. The summed E-state index contributed by atoms with van der Waals surface area (Å²) >= 11 is 7.41. The smallest absolute Gasteiger partial charge is 0.348 e. The molecule has 0 fully saturated rings. The number of thiophene rings is 1. The van der Waals surface area contributed by atoms with Gasteiger partial charge in [-0.2, -0.15) is 0 Å². The molecule has 0 unspecified atom stereocenters. The highest BCUT2D eigenvalue weighted by atomic mass is 35.5. The van der Waals surface area contributed by atoms with Gasteiger partial charge in [0.1, 0.15) is 4.88 Å². The highest BCUT2D eigenvalue weighted by Gasteiger charge is 2.12. The van der Waals surface area contributed by atoms with E-state index in [9.17, 15) is 4.79 Å². The third-order valence-corrected chi connectivity index (χ3v) is 3.92. The Hall–Kier alpha value is -1.06. The first kappa shape index (κ1) is 10.5. The number of esters is 1. The van der Waals surface area contributed by atoms with Crippen LogP contribution in [0.15, 0.2) is 18.2 Å². The molecule has 0 spiro atoms. The predicted molar refractivity (Wildman–Crippen MR) is 62.9 cm³/mol. The van der Waals surface area contributed by atoms with Crippen LogP contribution in [0.3, 0.4) is 0 Å². The van der Waals surface area contributed by atoms with Crippen molar-refractivity contribution in [3.63, 3.8) is 0 Å². The lowest BCUT2D eigenvalue weighted by molar-refractivity contribution is 0.0606. The van der Waals surface area contributed by atoms with Crippen LogP contribution in [0, 0.1) is 6.92 Å². The van der Waals surface area contributed by atoms with Crippen LogP contribution in [-0.2, 0) is 4.74 Å². The van der Waals surface area contributed by atoms with Gasteiger partial charge in [0.2, 0.25) is 0 Å². The van der Waals surface area contributed by atoms with Crippen molar-refractivity contribution in [1.29, 1.82) is 0 Å². The molecule has 0 saturated carbocycles. The molecule has 2 nitrogen and oxygen atoms in total. The monoisotopic (exact) mass is 240 g/mol. The van der Waals surface area contributed by atoms with Crippen molar-refractivity contribution < 1.29 is 9.53 Å². The van der Waals surface area contributed by atoms with Crippen LogP contribution in [0.4, 0.5) is 0 Å². The van der Waals surface area contributed by atoms with Crippen molar-refractivity contribution in [2.45, 2.75) is 6.92 Å². The number of carbonyl (C=O) groups excluding carboxylic acids is 1. The number of carbonyl (C=O) groups is 1. The molecule has 1 heterocycles. The van der Waals surface area contributed by atoms with Crippen molar-refractivity contribution in [2.75, 3.05) is 7.11 Å². The van der Waals surface area contributed by atoms with Gasteiger partial charge in [0, 0.05) is 9.72 Å². The van der Waals surface area contributed by atoms with Crippen LogP contribution in [0.25, 0.3) is 10.1 Å². The first-order chi connectivity index (χ1) is 7.13. The summed E-state index contributed by atoms with van der Waals surface area (Å²) in [5, 5.41) is 1.75. The standard InChI is InChI=1S/C11H9ClO2S/c1-6-8(12)4-3-7-5-9(11(13)14-2)15-10(6)7/h3-5H,1-2H3. The van der Waals surface area contributed by atoms with E-state index in [1.165, 1.54) is 18.4 Å². The Morgan fingerprint density at radius 1 is 1.47 bits per heavy atom. The highest BCUT2D eigenvalue weighted by molar-refractivity contribution is 7.21. The Bertz CT molecular complexity index is 531. The number of hydrogen-bond acceptors (Lipinski definition) is 3. The Morgan fingerprint density at radius 3 is 2.87 bits per heavy atom. The summed E-state index contributed by atoms with van der Waals surface area (Å²) in [6, 6.07) is 5.58. The first-order valence-corrected chi connectivity index (χ1v) is 5.60. The summed E-state index contributed by atoms with van der Waals surface area (Å²) in [6.07, 6.45) is 0. The number of rotatable bonds is 1. The summed E-state index contributed by atoms with van der Waals surface area (Å²) in [5.74, 6) is -0.299. The van der Waals surface area contributed by atoms with E-state index in [1.54, 1.807) is 0 Å². The van der Waals surface area contributed by atoms with Crippen LogP contribution in [0.2, 0.25) is 5.02 Å². The van der Waals surface area contributed by atoms with Crippen LogP contribution >= 0.6 is 22.9 Å². The van der Waals surface area contributed by atoms with Gasteiger partial charge in [-0.05, 0) is 30.0 Å². The Labute approximate surface area is 96.4 Å². The first-order valence-electron chi connectivity index (χ1n) is 4.40. The normalized spacial score (nSPS) is 10.6. The molecule has 0 N–H and O–H groups in total. The average molecular weight is 241 g/mol. The zero-order chi connectivity index (χ0) is 11.0. The lowest BCUT2D eigenvalue weighted by Crippen LogP contribution is -1.96. The maximum absolute atomic E-state index is 11.3. The minimum atomic E-state index is -0.299. The second-order valence-corrected chi connectivity index (χ2v) is 4.65. The molecular formula is C11H9ClO2S. The van der Waals surface area contributed by atoms with Gasteiger partial charge in [-0.3, -0.25) is 0 Å². The quantitative estimate of drug-likeness (QED) is 0.712. The third-order valence-electron chi connectivity index (χ3n) is 2.26. The van der Waals surface area contributed by atoms with Crippen molar-refractivity contribution in [2.24, 2.45) is 0 Å². The zero-order valence-electron chi connectivity index (χ0n) is 8.33. The summed E-state index contributed by atoms with van der Waals surface area (Å²) in [5.41, 5.74) is 1.01. The molecule has 0 aliphatic carbocycles. The molecule has 0 amide bonds. The Kier molecular flexibility index (Phi) is 2.67. The lowest BCUT2D eigenvalue weighted by Gasteiger charge is -1.97. The van der Waals surface area contributed by atoms with Gasteiger partial charge in [-0.15, -0.1) is 11.3 Å². The lowest BCUT2D eigenvalue weighted by atomic mass is 10.2. The van der Waals surface area contributed by atoms with Gasteiger partial charge in [-0.25, -0.2) is 4.79 Å². The van der Waals surface area contributed by atoms with E-state index in [0.29, 0.717) is 4.88 Å². The van der Waals surface area contributed by atoms with E-state index in [-0.39, 0.29) is 5.97 Å². The summed E-state index contributed by atoms with van der Waals surface area (Å²) < 4.78 is 5.72. The molecule has 1 aromatic carbocycles. The largest absolute Gasteiger partial charge is 0.465 e. The number of aryl methyl sites for hydroxylation is 1. The van der Waals surface area contributed by atoms with Crippen molar-refractivity contribution >= 4 is 39.0 Å². The number of fused-ring (bicyclic) bond motifs is 1. The number of ether oxygens (including phenoxy) is 1. The number of benzene rings is 1. The molecular weight excluding hydrogens is 232 g/mol. The number of hydrogen-bond donors (Lipinski definition) is 0. The molecule has 2 aromatic rings. The molecule has 0 aliphatic rings. The van der Waals surface area contributed by atoms with Crippen molar-refractivity contribution in [1.82, 2.24) is 0 Å². The maximum atomic E-state index is 11.3. The highest BCUT2D eigenvalue weighted by Crippen LogP contribution is 2.32. The summed E-state index contributed by atoms with van der Waals surface area (Å²) in [4.78, 5) is 11.9. The molecule has 0 aliphatic heterocycles. The molecule has 0 atom stereocenters. The minimum absolute atomic E-state index is 0.299. The summed E-state index contributed by atoms with van der Waals surface area (Å²) in [7, 11) is 1.38. The van der Waals surface area contributed by atoms with E-state index in [4.69, 9.17) is 11.6 Å². The molecule has 2 rings (SSSR count). The van der Waals surface area contributed by atoms with Gasteiger partial charge in [0.25, 0.3) is 0 Å². The van der Waals surface area contributed by atoms with Crippen LogP contribution in [0.1, 0.15) is 15.2 Å². The predicted octanol–water partition coefficient (Wildman–Crippen LogP) is 3.65. The molecule has 0 radical (unpaired) electrons. The number of halogens is 1. The molecule has 15 heavy (non-hydrogen) atoms. The summed E-state index contributed by atoms with van der Waals surface area (Å²) in [6.45, 7) is 1.95. The molecule has 4 heteroatoms. The van der Waals surface area contributed by atoms with Gasteiger partial charge >= 0.3 is 5.97 Å². The van der Waals surface area contributed by atoms with Crippen LogP contribution in [-0.4, -0.2) is 13.1 Å². The molecule has 0 bridgehead atoms. The van der Waals surface area contributed by atoms with Crippen LogP contribution < -0.4 is 0 Å². The van der Waals surface area contributed by atoms with E-state index in [0.717, 1.165) is 20.7 Å². The fraction of sp³-hybridized carbons (Fsp3) is 0.182. The number of methoxy groups -OCH3 is 1. The molecule has 1 aromatic heterocycles. The minimum Gasteiger partial charge on any atom is -0.465 e. The van der Waals surface area contributed by atoms with E-state index < -0.39 is 0 Å². The topological polar surface area (TPSA) is 26.3 Å².